The zero-order chi connectivity index (χ0) is 22.6. The molecule has 0 saturated heterocycles. The van der Waals surface area contributed by atoms with E-state index in [1.165, 1.54) is 17.4 Å². The molecule has 0 spiro atoms. The molecule has 10 heteroatoms. The maximum atomic E-state index is 13.6. The van der Waals surface area contributed by atoms with Gasteiger partial charge >= 0.3 is 6.18 Å². The normalized spacial score (nSPS) is 14.4. The third kappa shape index (κ3) is 3.90. The molecule has 1 aliphatic carbocycles. The minimum atomic E-state index is -4.66. The number of nitriles is 1. The summed E-state index contributed by atoms with van der Waals surface area (Å²) in [7, 11) is 0. The number of anilines is 1. The third-order valence-electron chi connectivity index (χ3n) is 5.23. The molecule has 6 nitrogen and oxygen atoms in total. The summed E-state index contributed by atoms with van der Waals surface area (Å²) in [4.78, 5) is 18.2. The largest absolute Gasteiger partial charge is 0.433 e. The Hall–Kier alpha value is -2.93. The number of hydrogen-bond acceptors (Lipinski definition) is 5. The number of carbonyl (C=O) groups excluding carboxylic acids is 1. The van der Waals surface area contributed by atoms with Gasteiger partial charge in [-0.3, -0.25) is 4.79 Å². The van der Waals surface area contributed by atoms with Crippen LogP contribution in [0, 0.1) is 11.3 Å². The first-order valence-corrected chi connectivity index (χ1v) is 10.6. The number of halogens is 3. The highest BCUT2D eigenvalue weighted by atomic mass is 32.1. The number of rotatable bonds is 2. The van der Waals surface area contributed by atoms with Crippen LogP contribution in [0.4, 0.5) is 18.2 Å². The Balaban J connectivity index is 1.75. The molecule has 31 heavy (non-hydrogen) atoms. The third-order valence-corrected chi connectivity index (χ3v) is 6.44. The number of carbonyl (C=O) groups is 1. The van der Waals surface area contributed by atoms with E-state index in [1.54, 1.807) is 20.8 Å². The molecule has 1 amide bonds. The van der Waals surface area contributed by atoms with Crippen molar-refractivity contribution >= 4 is 27.9 Å². The lowest BCUT2D eigenvalue weighted by atomic mass is 9.91. The molecule has 3 heterocycles. The number of thiophene rings is 1. The summed E-state index contributed by atoms with van der Waals surface area (Å²) in [6.45, 7) is 5.29. The maximum absolute atomic E-state index is 13.6. The lowest BCUT2D eigenvalue weighted by Gasteiger charge is -2.19. The smallest absolute Gasteiger partial charge is 0.311 e. The summed E-state index contributed by atoms with van der Waals surface area (Å²) < 4.78 is 41.6. The Morgan fingerprint density at radius 2 is 1.94 bits per heavy atom. The van der Waals surface area contributed by atoms with Crippen molar-refractivity contribution in [1.82, 2.24) is 14.6 Å². The van der Waals surface area contributed by atoms with Crippen LogP contribution < -0.4 is 5.32 Å². The Kier molecular flexibility index (Phi) is 5.04. The van der Waals surface area contributed by atoms with Crippen molar-refractivity contribution in [2.75, 3.05) is 5.32 Å². The zero-order valence-electron chi connectivity index (χ0n) is 17.2. The van der Waals surface area contributed by atoms with E-state index in [2.05, 4.69) is 21.5 Å². The molecule has 0 unspecified atom stereocenters. The Bertz CT molecular complexity index is 1230. The fourth-order valence-corrected chi connectivity index (χ4v) is 4.85. The van der Waals surface area contributed by atoms with Crippen molar-refractivity contribution in [3.05, 3.63) is 45.2 Å². The van der Waals surface area contributed by atoms with Crippen LogP contribution >= 0.6 is 11.3 Å². The summed E-state index contributed by atoms with van der Waals surface area (Å²) >= 11 is 1.34. The van der Waals surface area contributed by atoms with Crippen LogP contribution in [-0.2, 0) is 24.4 Å². The van der Waals surface area contributed by atoms with Gasteiger partial charge < -0.3 is 5.32 Å². The van der Waals surface area contributed by atoms with Gasteiger partial charge in [-0.1, -0.05) is 20.8 Å². The molecule has 0 aromatic carbocycles. The van der Waals surface area contributed by atoms with E-state index in [0.717, 1.165) is 42.2 Å². The van der Waals surface area contributed by atoms with Crippen LogP contribution in [0.15, 0.2) is 12.1 Å². The summed E-state index contributed by atoms with van der Waals surface area (Å²) in [5.74, 6) is -0.675. The van der Waals surface area contributed by atoms with E-state index in [-0.39, 0.29) is 17.0 Å². The number of aryl methyl sites for hydroxylation is 1. The van der Waals surface area contributed by atoms with E-state index in [0.29, 0.717) is 15.1 Å². The van der Waals surface area contributed by atoms with Gasteiger partial charge in [0.1, 0.15) is 16.8 Å². The predicted octanol–water partition coefficient (Wildman–Crippen LogP) is 5.11. The molecule has 0 saturated carbocycles. The van der Waals surface area contributed by atoms with E-state index in [4.69, 9.17) is 0 Å². The van der Waals surface area contributed by atoms with Crippen molar-refractivity contribution in [1.29, 1.82) is 5.26 Å². The highest BCUT2D eigenvalue weighted by Gasteiger charge is 2.36. The minimum Gasteiger partial charge on any atom is -0.311 e. The molecule has 1 N–H and O–H groups in total. The second-order valence-corrected chi connectivity index (χ2v) is 9.66. The van der Waals surface area contributed by atoms with Gasteiger partial charge in [-0.05, 0) is 37.3 Å². The molecule has 0 radical (unpaired) electrons. The van der Waals surface area contributed by atoms with Gasteiger partial charge in [0.05, 0.1) is 11.3 Å². The van der Waals surface area contributed by atoms with Crippen molar-refractivity contribution in [3.8, 4) is 6.07 Å². The van der Waals surface area contributed by atoms with Gasteiger partial charge in [0.2, 0.25) is 0 Å². The number of nitrogens with one attached hydrogen (secondary N) is 1. The minimum absolute atomic E-state index is 0.0594. The summed E-state index contributed by atoms with van der Waals surface area (Å²) in [5, 5.41) is 16.5. The second kappa shape index (κ2) is 7.34. The first kappa shape index (κ1) is 21.3. The standard InChI is InChI=1S/C21H20F3N5OS/c1-20(2,3)15-9-16(21(22,23)24)29-17(26-15)8-13(28-29)18(30)27-19-12(10-25)11-6-4-5-7-14(11)31-19/h8-9H,4-7H2,1-3H3,(H,27,30). The van der Waals surface area contributed by atoms with E-state index < -0.39 is 23.2 Å². The van der Waals surface area contributed by atoms with Crippen LogP contribution in [0.1, 0.15) is 71.5 Å². The highest BCUT2D eigenvalue weighted by molar-refractivity contribution is 7.16. The van der Waals surface area contributed by atoms with E-state index in [1.807, 2.05) is 0 Å². The van der Waals surface area contributed by atoms with Crippen LogP contribution in [0.2, 0.25) is 0 Å². The topological polar surface area (TPSA) is 83.1 Å². The fourth-order valence-electron chi connectivity index (χ4n) is 3.61. The predicted molar refractivity (Wildman–Crippen MR) is 110 cm³/mol. The molecule has 3 aromatic heterocycles. The fraction of sp³-hybridized carbons (Fsp3) is 0.429. The molecule has 0 bridgehead atoms. The van der Waals surface area contributed by atoms with Gasteiger partial charge in [-0.25, -0.2) is 9.50 Å². The van der Waals surface area contributed by atoms with Crippen LogP contribution in [0.25, 0.3) is 5.65 Å². The average Bonchev–Trinajstić information content (AvgIpc) is 3.26. The molecule has 4 rings (SSSR count). The summed E-state index contributed by atoms with van der Waals surface area (Å²) in [6, 6.07) is 4.35. The Morgan fingerprint density at radius 3 is 2.58 bits per heavy atom. The monoisotopic (exact) mass is 447 g/mol. The number of alkyl halides is 3. The van der Waals surface area contributed by atoms with Crippen LogP contribution in [0.3, 0.4) is 0 Å². The Morgan fingerprint density at radius 1 is 1.23 bits per heavy atom. The van der Waals surface area contributed by atoms with Crippen molar-refractivity contribution in [2.45, 2.75) is 58.0 Å². The van der Waals surface area contributed by atoms with Gasteiger partial charge in [-0.2, -0.15) is 23.5 Å². The lowest BCUT2D eigenvalue weighted by Crippen LogP contribution is -2.20. The van der Waals surface area contributed by atoms with Crippen LogP contribution in [0.5, 0.6) is 0 Å². The summed E-state index contributed by atoms with van der Waals surface area (Å²) in [5.41, 5.74) is -0.231. The molecular formula is C21H20F3N5OS. The highest BCUT2D eigenvalue weighted by Crippen LogP contribution is 2.38. The number of nitrogens with zero attached hydrogens (tertiary/aromatic N) is 4. The molecule has 1 aliphatic rings. The first-order chi connectivity index (χ1) is 14.5. The Labute approximate surface area is 180 Å². The number of aromatic nitrogens is 3. The van der Waals surface area contributed by atoms with E-state index >= 15 is 0 Å². The SMILES string of the molecule is CC(C)(C)c1cc(C(F)(F)F)n2nc(C(=O)Nc3sc4c(c3C#N)CCCC4)cc2n1. The maximum Gasteiger partial charge on any atom is 0.433 e. The van der Waals surface area contributed by atoms with Crippen molar-refractivity contribution in [2.24, 2.45) is 0 Å². The molecule has 162 valence electrons. The zero-order valence-corrected chi connectivity index (χ0v) is 18.0. The first-order valence-electron chi connectivity index (χ1n) is 9.83. The van der Waals surface area contributed by atoms with Crippen molar-refractivity contribution < 1.29 is 18.0 Å². The molecule has 0 aliphatic heterocycles. The summed E-state index contributed by atoms with van der Waals surface area (Å²) in [6.07, 6.45) is -1.01. The molecule has 0 fully saturated rings. The van der Waals surface area contributed by atoms with Gasteiger partial charge in [0.25, 0.3) is 5.91 Å². The average molecular weight is 447 g/mol. The molecular weight excluding hydrogens is 427 g/mol. The number of hydrogen-bond donors (Lipinski definition) is 1. The second-order valence-electron chi connectivity index (χ2n) is 8.55. The van der Waals surface area contributed by atoms with E-state index in [9.17, 15) is 23.2 Å². The molecule has 3 aromatic rings. The van der Waals surface area contributed by atoms with Gasteiger partial charge in [0, 0.05) is 16.4 Å². The van der Waals surface area contributed by atoms with Gasteiger partial charge in [0.15, 0.2) is 11.3 Å². The molecule has 0 atom stereocenters. The number of fused-ring (bicyclic) bond motifs is 2. The van der Waals surface area contributed by atoms with Gasteiger partial charge in [-0.15, -0.1) is 11.3 Å². The van der Waals surface area contributed by atoms with Crippen LogP contribution in [-0.4, -0.2) is 20.5 Å². The quantitative estimate of drug-likeness (QED) is 0.592. The lowest BCUT2D eigenvalue weighted by molar-refractivity contribution is -0.142. The number of amides is 1. The van der Waals surface area contributed by atoms with Crippen molar-refractivity contribution in [3.63, 3.8) is 0 Å².